The second-order valence-corrected chi connectivity index (χ2v) is 5.82. The lowest BCUT2D eigenvalue weighted by Crippen LogP contribution is -2.14. The summed E-state index contributed by atoms with van der Waals surface area (Å²) in [5.74, 6) is 0.542. The van der Waals surface area contributed by atoms with Crippen LogP contribution in [0.15, 0.2) is 60.7 Å². The average Bonchev–Trinajstić information content (AvgIpc) is 2.63. The van der Waals surface area contributed by atoms with Gasteiger partial charge >= 0.3 is 0 Å². The van der Waals surface area contributed by atoms with Gasteiger partial charge in [0.15, 0.2) is 0 Å². The maximum absolute atomic E-state index is 12.3. The second kappa shape index (κ2) is 7.81. The average molecular weight is 335 g/mol. The number of carbonyl (C=O) groups excluding carboxylic acids is 1. The molecule has 0 heterocycles. The molecule has 4 heteroatoms. The summed E-state index contributed by atoms with van der Waals surface area (Å²) < 4.78 is 5.45. The Labute approximate surface area is 147 Å². The molecule has 0 saturated carbocycles. The van der Waals surface area contributed by atoms with Crippen LogP contribution in [-0.4, -0.2) is 17.6 Å². The van der Waals surface area contributed by atoms with Gasteiger partial charge in [0.05, 0.1) is 19.6 Å². The van der Waals surface area contributed by atoms with Gasteiger partial charge in [-0.2, -0.15) is 0 Å². The molecule has 2 N–H and O–H groups in total. The standard InChI is InChI=1S/C21H21NO3/c1-2-25-20-10-9-19(13-18(20)14-23)22-21(24)12-15-7-8-16-5-3-4-6-17(16)11-15/h3-11,13,23H,2,12,14H2,1H3,(H,22,24). The number of aliphatic hydroxyl groups is 1. The number of benzene rings is 3. The van der Waals surface area contributed by atoms with Crippen LogP contribution in [0.2, 0.25) is 0 Å². The van der Waals surface area contributed by atoms with Gasteiger partial charge in [-0.3, -0.25) is 4.79 Å². The summed E-state index contributed by atoms with van der Waals surface area (Å²) in [6, 6.07) is 19.4. The molecule has 128 valence electrons. The number of nitrogens with one attached hydrogen (secondary N) is 1. The number of hydrogen-bond donors (Lipinski definition) is 2. The van der Waals surface area contributed by atoms with Gasteiger partial charge in [-0.25, -0.2) is 0 Å². The van der Waals surface area contributed by atoms with E-state index in [1.807, 2.05) is 43.3 Å². The van der Waals surface area contributed by atoms with Crippen molar-refractivity contribution in [2.45, 2.75) is 20.0 Å². The summed E-state index contributed by atoms with van der Waals surface area (Å²) in [6.07, 6.45) is 0.298. The first-order chi connectivity index (χ1) is 12.2. The van der Waals surface area contributed by atoms with Crippen LogP contribution in [0.5, 0.6) is 5.75 Å². The lowest BCUT2D eigenvalue weighted by Gasteiger charge is -2.11. The van der Waals surface area contributed by atoms with E-state index in [0.717, 1.165) is 16.3 Å². The van der Waals surface area contributed by atoms with Gasteiger partial charge in [0, 0.05) is 11.3 Å². The predicted molar refractivity (Wildman–Crippen MR) is 99.8 cm³/mol. The monoisotopic (exact) mass is 335 g/mol. The number of anilines is 1. The van der Waals surface area contributed by atoms with Crippen molar-refractivity contribution in [1.29, 1.82) is 0 Å². The van der Waals surface area contributed by atoms with Crippen molar-refractivity contribution in [3.8, 4) is 5.75 Å². The minimum atomic E-state index is -0.135. The number of rotatable bonds is 6. The van der Waals surface area contributed by atoms with Crippen LogP contribution < -0.4 is 10.1 Å². The highest BCUT2D eigenvalue weighted by Crippen LogP contribution is 2.23. The van der Waals surface area contributed by atoms with Crippen LogP contribution in [-0.2, 0) is 17.8 Å². The SMILES string of the molecule is CCOc1ccc(NC(=O)Cc2ccc3ccccc3c2)cc1CO. The Morgan fingerprint density at radius 2 is 1.84 bits per heavy atom. The highest BCUT2D eigenvalue weighted by molar-refractivity contribution is 5.93. The van der Waals surface area contributed by atoms with Crippen LogP contribution in [0.25, 0.3) is 10.8 Å². The fourth-order valence-electron chi connectivity index (χ4n) is 2.82. The van der Waals surface area contributed by atoms with Gasteiger partial charge in [-0.1, -0.05) is 42.5 Å². The number of aliphatic hydroxyl groups excluding tert-OH is 1. The molecule has 0 aliphatic carbocycles. The molecule has 0 fully saturated rings. The minimum Gasteiger partial charge on any atom is -0.494 e. The Morgan fingerprint density at radius 3 is 2.60 bits per heavy atom. The summed E-state index contributed by atoms with van der Waals surface area (Å²) in [4.78, 5) is 12.3. The molecule has 0 aromatic heterocycles. The molecular weight excluding hydrogens is 314 g/mol. The molecule has 0 spiro atoms. The van der Waals surface area contributed by atoms with Crippen molar-refractivity contribution in [1.82, 2.24) is 0 Å². The van der Waals surface area contributed by atoms with Gasteiger partial charge in [-0.15, -0.1) is 0 Å². The summed E-state index contributed by atoms with van der Waals surface area (Å²) in [5, 5.41) is 14.6. The molecule has 0 aliphatic heterocycles. The maximum atomic E-state index is 12.3. The second-order valence-electron chi connectivity index (χ2n) is 5.82. The van der Waals surface area contributed by atoms with E-state index < -0.39 is 0 Å². The third kappa shape index (κ3) is 4.17. The first-order valence-electron chi connectivity index (χ1n) is 8.33. The Hall–Kier alpha value is -2.85. The number of amides is 1. The Balaban J connectivity index is 1.71. The zero-order valence-electron chi connectivity index (χ0n) is 14.2. The minimum absolute atomic E-state index is 0.0941. The molecule has 3 aromatic rings. The van der Waals surface area contributed by atoms with E-state index in [1.165, 1.54) is 0 Å². The number of fused-ring (bicyclic) bond motifs is 1. The largest absolute Gasteiger partial charge is 0.494 e. The fourth-order valence-corrected chi connectivity index (χ4v) is 2.82. The molecule has 0 atom stereocenters. The Kier molecular flexibility index (Phi) is 5.31. The van der Waals surface area contributed by atoms with E-state index in [4.69, 9.17) is 4.74 Å². The van der Waals surface area contributed by atoms with E-state index in [9.17, 15) is 9.90 Å². The third-order valence-corrected chi connectivity index (χ3v) is 3.99. The van der Waals surface area contributed by atoms with Crippen LogP contribution in [0, 0.1) is 0 Å². The topological polar surface area (TPSA) is 58.6 Å². The lowest BCUT2D eigenvalue weighted by molar-refractivity contribution is -0.115. The van der Waals surface area contributed by atoms with Crippen molar-refractivity contribution in [2.75, 3.05) is 11.9 Å². The predicted octanol–water partition coefficient (Wildman–Crippen LogP) is 3.91. The first-order valence-corrected chi connectivity index (χ1v) is 8.33. The molecule has 0 saturated heterocycles. The molecule has 3 aromatic carbocycles. The van der Waals surface area contributed by atoms with Gasteiger partial charge in [0.25, 0.3) is 0 Å². The number of hydrogen-bond acceptors (Lipinski definition) is 3. The molecule has 0 unspecified atom stereocenters. The maximum Gasteiger partial charge on any atom is 0.228 e. The molecule has 25 heavy (non-hydrogen) atoms. The first kappa shape index (κ1) is 17.0. The van der Waals surface area contributed by atoms with E-state index in [1.54, 1.807) is 18.2 Å². The van der Waals surface area contributed by atoms with Gasteiger partial charge in [0.2, 0.25) is 5.91 Å². The normalized spacial score (nSPS) is 10.6. The lowest BCUT2D eigenvalue weighted by atomic mass is 10.0. The third-order valence-electron chi connectivity index (χ3n) is 3.99. The highest BCUT2D eigenvalue weighted by Gasteiger charge is 2.08. The molecule has 4 nitrogen and oxygen atoms in total. The van der Waals surface area contributed by atoms with Gasteiger partial charge in [-0.05, 0) is 41.5 Å². The fraction of sp³-hybridized carbons (Fsp3) is 0.190. The number of carbonyl (C=O) groups is 1. The zero-order chi connectivity index (χ0) is 17.6. The van der Waals surface area contributed by atoms with Crippen molar-refractivity contribution < 1.29 is 14.6 Å². The highest BCUT2D eigenvalue weighted by atomic mass is 16.5. The quantitative estimate of drug-likeness (QED) is 0.718. The summed E-state index contributed by atoms with van der Waals surface area (Å²) in [7, 11) is 0. The van der Waals surface area contributed by atoms with E-state index in [-0.39, 0.29) is 12.5 Å². The van der Waals surface area contributed by atoms with E-state index in [0.29, 0.717) is 30.0 Å². The zero-order valence-corrected chi connectivity index (χ0v) is 14.2. The van der Waals surface area contributed by atoms with E-state index in [2.05, 4.69) is 11.4 Å². The van der Waals surface area contributed by atoms with Crippen LogP contribution >= 0.6 is 0 Å². The molecule has 0 aliphatic rings. The van der Waals surface area contributed by atoms with Crippen molar-refractivity contribution in [2.24, 2.45) is 0 Å². The van der Waals surface area contributed by atoms with Crippen LogP contribution in [0.1, 0.15) is 18.1 Å². The molecule has 0 bridgehead atoms. The van der Waals surface area contributed by atoms with Crippen molar-refractivity contribution in [3.63, 3.8) is 0 Å². The van der Waals surface area contributed by atoms with Crippen LogP contribution in [0.3, 0.4) is 0 Å². The number of ether oxygens (including phenoxy) is 1. The summed E-state index contributed by atoms with van der Waals surface area (Å²) in [5.41, 5.74) is 2.27. The van der Waals surface area contributed by atoms with Gasteiger partial charge in [0.1, 0.15) is 5.75 Å². The molecular formula is C21H21NO3. The summed E-state index contributed by atoms with van der Waals surface area (Å²) in [6.45, 7) is 2.28. The molecule has 1 amide bonds. The molecule has 3 rings (SSSR count). The van der Waals surface area contributed by atoms with E-state index >= 15 is 0 Å². The van der Waals surface area contributed by atoms with Gasteiger partial charge < -0.3 is 15.2 Å². The van der Waals surface area contributed by atoms with Crippen LogP contribution in [0.4, 0.5) is 5.69 Å². The smallest absolute Gasteiger partial charge is 0.228 e. The Bertz CT molecular complexity index is 889. The van der Waals surface area contributed by atoms with Crippen molar-refractivity contribution in [3.05, 3.63) is 71.8 Å². The summed E-state index contributed by atoms with van der Waals surface area (Å²) >= 11 is 0. The van der Waals surface area contributed by atoms with Crippen molar-refractivity contribution >= 4 is 22.4 Å². The Morgan fingerprint density at radius 1 is 1.04 bits per heavy atom. The molecule has 0 radical (unpaired) electrons.